The number of allylic oxidation sites excluding steroid dienone is 1. The number of nitriles is 1. The lowest BCUT2D eigenvalue weighted by Crippen LogP contribution is -2.35. The van der Waals surface area contributed by atoms with Gasteiger partial charge in [-0.25, -0.2) is 8.42 Å². The van der Waals surface area contributed by atoms with E-state index >= 15 is 0 Å². The molecule has 2 rings (SSSR count). The summed E-state index contributed by atoms with van der Waals surface area (Å²) in [6.07, 6.45) is 0.902. The van der Waals surface area contributed by atoms with Crippen LogP contribution in [0.3, 0.4) is 0 Å². The molecule has 0 atom stereocenters. The number of hydrogen-bond donors (Lipinski definition) is 2. The van der Waals surface area contributed by atoms with Crippen LogP contribution in [-0.4, -0.2) is 19.4 Å². The Bertz CT molecular complexity index is 1000. The summed E-state index contributed by atoms with van der Waals surface area (Å²) in [4.78, 5) is 12.8. The standard InChI is InChI=1S/C20H20N2O4S/c1-20(2,19(24)22-18-7-4-3-6-15(18)14-23)16-8-10-17(11-9-16)27(25,26)13-5-12-21/h3-11,13,23H,14H2,1-2H3,(H,22,24)/b13-5+. The number of benzene rings is 2. The van der Waals surface area contributed by atoms with Gasteiger partial charge in [0.1, 0.15) is 0 Å². The lowest BCUT2D eigenvalue weighted by molar-refractivity contribution is -0.120. The van der Waals surface area contributed by atoms with Crippen molar-refractivity contribution in [3.8, 4) is 6.07 Å². The SMILES string of the molecule is CC(C)(C(=O)Nc1ccccc1CO)c1ccc(S(=O)(=O)/C=C/C#N)cc1. The lowest BCUT2D eigenvalue weighted by Gasteiger charge is -2.25. The zero-order valence-corrected chi connectivity index (χ0v) is 15.8. The molecule has 0 unspecified atom stereocenters. The minimum Gasteiger partial charge on any atom is -0.392 e. The molecule has 6 nitrogen and oxygen atoms in total. The van der Waals surface area contributed by atoms with Crippen LogP contribution in [0.2, 0.25) is 0 Å². The van der Waals surface area contributed by atoms with E-state index in [2.05, 4.69) is 5.32 Å². The van der Waals surface area contributed by atoms with Crippen LogP contribution in [0.4, 0.5) is 5.69 Å². The predicted octanol–water partition coefficient (Wildman–Crippen LogP) is 2.91. The average molecular weight is 384 g/mol. The fourth-order valence-corrected chi connectivity index (χ4v) is 3.36. The molecule has 140 valence electrons. The number of nitrogens with one attached hydrogen (secondary N) is 1. The van der Waals surface area contributed by atoms with Crippen LogP contribution in [0.25, 0.3) is 0 Å². The first-order valence-corrected chi connectivity index (χ1v) is 9.69. The molecule has 0 aliphatic rings. The number of rotatable bonds is 6. The van der Waals surface area contributed by atoms with E-state index in [-0.39, 0.29) is 17.4 Å². The molecule has 0 aliphatic heterocycles. The number of carbonyl (C=O) groups is 1. The van der Waals surface area contributed by atoms with Crippen molar-refractivity contribution in [1.29, 1.82) is 5.26 Å². The normalized spacial score (nSPS) is 11.9. The summed E-state index contributed by atoms with van der Waals surface area (Å²) in [6.45, 7) is 3.26. The molecule has 0 radical (unpaired) electrons. The van der Waals surface area contributed by atoms with Crippen LogP contribution in [0.5, 0.6) is 0 Å². The minimum atomic E-state index is -3.69. The maximum absolute atomic E-state index is 12.8. The molecule has 0 aliphatic carbocycles. The van der Waals surface area contributed by atoms with Crippen molar-refractivity contribution >= 4 is 21.4 Å². The van der Waals surface area contributed by atoms with Crippen LogP contribution < -0.4 is 5.32 Å². The molecular formula is C20H20N2O4S. The van der Waals surface area contributed by atoms with Crippen molar-refractivity contribution < 1.29 is 18.3 Å². The zero-order valence-electron chi connectivity index (χ0n) is 15.0. The number of aliphatic hydroxyl groups is 1. The summed E-state index contributed by atoms with van der Waals surface area (Å²) in [6, 6.07) is 14.6. The molecular weight excluding hydrogens is 364 g/mol. The van der Waals surface area contributed by atoms with Gasteiger partial charge in [-0.15, -0.1) is 0 Å². The van der Waals surface area contributed by atoms with Crippen LogP contribution in [0, 0.1) is 11.3 Å². The van der Waals surface area contributed by atoms with Gasteiger partial charge in [-0.2, -0.15) is 5.26 Å². The average Bonchev–Trinajstić information content (AvgIpc) is 2.67. The van der Waals surface area contributed by atoms with Crippen molar-refractivity contribution in [3.05, 3.63) is 71.1 Å². The fourth-order valence-electron chi connectivity index (χ4n) is 2.45. The van der Waals surface area contributed by atoms with Gasteiger partial charge in [-0.1, -0.05) is 30.3 Å². The largest absolute Gasteiger partial charge is 0.392 e. The molecule has 7 heteroatoms. The first-order valence-electron chi connectivity index (χ1n) is 8.14. The van der Waals surface area contributed by atoms with Crippen molar-refractivity contribution in [2.75, 3.05) is 5.32 Å². The summed E-state index contributed by atoms with van der Waals surface area (Å²) < 4.78 is 24.1. The number of para-hydroxylation sites is 1. The molecule has 2 N–H and O–H groups in total. The van der Waals surface area contributed by atoms with Crippen molar-refractivity contribution in [1.82, 2.24) is 0 Å². The highest BCUT2D eigenvalue weighted by Gasteiger charge is 2.30. The summed E-state index contributed by atoms with van der Waals surface area (Å²) in [7, 11) is -3.69. The van der Waals surface area contributed by atoms with E-state index < -0.39 is 15.3 Å². The Hall–Kier alpha value is -2.95. The predicted molar refractivity (Wildman–Crippen MR) is 102 cm³/mol. The molecule has 0 fully saturated rings. The number of carbonyl (C=O) groups excluding carboxylic acids is 1. The number of amides is 1. The van der Waals surface area contributed by atoms with Crippen molar-refractivity contribution in [2.24, 2.45) is 0 Å². The molecule has 0 saturated heterocycles. The van der Waals surface area contributed by atoms with E-state index in [1.807, 2.05) is 0 Å². The van der Waals surface area contributed by atoms with E-state index in [1.165, 1.54) is 12.1 Å². The summed E-state index contributed by atoms with van der Waals surface area (Å²) in [5.74, 6) is -0.289. The van der Waals surface area contributed by atoms with E-state index in [1.54, 1.807) is 56.3 Å². The number of hydrogen-bond acceptors (Lipinski definition) is 5. The van der Waals surface area contributed by atoms with Gasteiger partial charge < -0.3 is 10.4 Å². The van der Waals surface area contributed by atoms with E-state index in [0.717, 1.165) is 11.5 Å². The van der Waals surface area contributed by atoms with Crippen molar-refractivity contribution in [2.45, 2.75) is 30.8 Å². The van der Waals surface area contributed by atoms with Gasteiger partial charge in [-0.3, -0.25) is 4.79 Å². The molecule has 2 aromatic rings. The highest BCUT2D eigenvalue weighted by Crippen LogP contribution is 2.27. The number of anilines is 1. The Kier molecular flexibility index (Phi) is 6.16. The molecule has 0 spiro atoms. The maximum Gasteiger partial charge on any atom is 0.234 e. The highest BCUT2D eigenvalue weighted by atomic mass is 32.2. The summed E-state index contributed by atoms with van der Waals surface area (Å²) in [5, 5.41) is 21.5. The van der Waals surface area contributed by atoms with Gasteiger partial charge in [-0.05, 0) is 37.6 Å². The van der Waals surface area contributed by atoms with E-state index in [4.69, 9.17) is 5.26 Å². The Labute approximate surface area is 158 Å². The monoisotopic (exact) mass is 384 g/mol. The van der Waals surface area contributed by atoms with Gasteiger partial charge in [0.25, 0.3) is 0 Å². The third-order valence-electron chi connectivity index (χ3n) is 4.23. The summed E-state index contributed by atoms with van der Waals surface area (Å²) >= 11 is 0. The Morgan fingerprint density at radius 1 is 1.19 bits per heavy atom. The third-order valence-corrected chi connectivity index (χ3v) is 5.65. The Morgan fingerprint density at radius 3 is 2.41 bits per heavy atom. The van der Waals surface area contributed by atoms with Crippen LogP contribution in [0.15, 0.2) is 64.9 Å². The Morgan fingerprint density at radius 2 is 1.81 bits per heavy atom. The first kappa shape index (κ1) is 20.4. The van der Waals surface area contributed by atoms with Crippen molar-refractivity contribution in [3.63, 3.8) is 0 Å². The number of aliphatic hydroxyl groups excluding tert-OH is 1. The van der Waals surface area contributed by atoms with E-state index in [9.17, 15) is 18.3 Å². The highest BCUT2D eigenvalue weighted by molar-refractivity contribution is 7.94. The van der Waals surface area contributed by atoms with Gasteiger partial charge in [0, 0.05) is 22.7 Å². The maximum atomic E-state index is 12.8. The molecule has 0 heterocycles. The molecule has 1 amide bonds. The molecule has 0 saturated carbocycles. The van der Waals surface area contributed by atoms with Gasteiger partial charge >= 0.3 is 0 Å². The lowest BCUT2D eigenvalue weighted by atomic mass is 9.83. The molecule has 2 aromatic carbocycles. The van der Waals surface area contributed by atoms with Gasteiger partial charge in [0.2, 0.25) is 15.7 Å². The van der Waals surface area contributed by atoms with Crippen LogP contribution >= 0.6 is 0 Å². The number of nitrogens with zero attached hydrogens (tertiary/aromatic N) is 1. The summed E-state index contributed by atoms with van der Waals surface area (Å²) in [5.41, 5.74) is 0.823. The third kappa shape index (κ3) is 4.61. The molecule has 0 bridgehead atoms. The van der Waals surface area contributed by atoms with Gasteiger partial charge in [0.05, 0.1) is 23.0 Å². The first-order chi connectivity index (χ1) is 12.7. The quantitative estimate of drug-likeness (QED) is 0.745. The second kappa shape index (κ2) is 8.16. The fraction of sp³-hybridized carbons (Fsp3) is 0.200. The second-order valence-electron chi connectivity index (χ2n) is 6.40. The Balaban J connectivity index is 2.27. The van der Waals surface area contributed by atoms with Crippen LogP contribution in [0.1, 0.15) is 25.0 Å². The second-order valence-corrected chi connectivity index (χ2v) is 8.23. The molecule has 27 heavy (non-hydrogen) atoms. The minimum absolute atomic E-state index is 0.0413. The van der Waals surface area contributed by atoms with E-state index in [0.29, 0.717) is 16.8 Å². The smallest absolute Gasteiger partial charge is 0.234 e. The zero-order chi connectivity index (χ0) is 20.1. The van der Waals surface area contributed by atoms with Gasteiger partial charge in [0.15, 0.2) is 0 Å². The topological polar surface area (TPSA) is 107 Å². The number of sulfone groups is 1. The molecule has 0 aromatic heterocycles. The van der Waals surface area contributed by atoms with Crippen LogP contribution in [-0.2, 0) is 26.7 Å².